The maximum atomic E-state index is 11.4. The maximum absolute atomic E-state index is 11.4. The number of esters is 1. The van der Waals surface area contributed by atoms with Gasteiger partial charge in [0.25, 0.3) is 0 Å². The fourth-order valence-corrected chi connectivity index (χ4v) is 2.41. The van der Waals surface area contributed by atoms with Gasteiger partial charge in [0.05, 0.1) is 38.1 Å². The minimum Gasteiger partial charge on any atom is -0.467 e. The lowest BCUT2D eigenvalue weighted by Crippen LogP contribution is -2.35. The van der Waals surface area contributed by atoms with Crippen LogP contribution in [-0.2, 0) is 16.1 Å². The summed E-state index contributed by atoms with van der Waals surface area (Å²) in [5.41, 5.74) is 0.545. The van der Waals surface area contributed by atoms with Crippen molar-refractivity contribution in [2.75, 3.05) is 29.9 Å². The Morgan fingerprint density at radius 3 is 3.07 bits per heavy atom. The van der Waals surface area contributed by atoms with Crippen LogP contribution in [0.3, 0.4) is 0 Å². The van der Waals surface area contributed by atoms with Crippen LogP contribution in [0, 0.1) is 11.3 Å². The molecule has 0 fully saturated rings. The lowest BCUT2D eigenvalue weighted by molar-refractivity contribution is -0.141. The Morgan fingerprint density at radius 1 is 1.52 bits per heavy atom. The number of nitriles is 1. The van der Waals surface area contributed by atoms with Gasteiger partial charge in [-0.15, -0.1) is 0 Å². The Labute approximate surface area is 162 Å². The molecular formula is C17H20N6O3S. The van der Waals surface area contributed by atoms with Crippen LogP contribution in [0.1, 0.15) is 19.1 Å². The molecule has 2 rings (SSSR count). The minimum absolute atomic E-state index is 0.0484. The number of hydrogen-bond acceptors (Lipinski definition) is 8. The quantitative estimate of drug-likeness (QED) is 0.487. The number of aromatic nitrogens is 2. The van der Waals surface area contributed by atoms with Gasteiger partial charge in [0.15, 0.2) is 10.9 Å². The molecule has 27 heavy (non-hydrogen) atoms. The van der Waals surface area contributed by atoms with E-state index in [2.05, 4.69) is 26.7 Å². The van der Waals surface area contributed by atoms with Crippen molar-refractivity contribution in [3.8, 4) is 6.07 Å². The van der Waals surface area contributed by atoms with Crippen molar-refractivity contribution in [3.05, 3.63) is 36.7 Å². The summed E-state index contributed by atoms with van der Waals surface area (Å²) in [6.07, 6.45) is 4.89. The highest BCUT2D eigenvalue weighted by Gasteiger charge is 2.16. The van der Waals surface area contributed by atoms with Crippen molar-refractivity contribution in [3.63, 3.8) is 0 Å². The average molecular weight is 388 g/mol. The van der Waals surface area contributed by atoms with E-state index in [1.54, 1.807) is 25.5 Å². The largest absolute Gasteiger partial charge is 0.467 e. The van der Waals surface area contributed by atoms with Crippen molar-refractivity contribution in [2.24, 2.45) is 0 Å². The third kappa shape index (κ3) is 6.56. The molecule has 2 aromatic heterocycles. The third-order valence-electron chi connectivity index (χ3n) is 3.36. The molecule has 0 unspecified atom stereocenters. The summed E-state index contributed by atoms with van der Waals surface area (Å²) < 4.78 is 10.2. The van der Waals surface area contributed by atoms with Gasteiger partial charge in [-0.3, -0.25) is 4.79 Å². The number of nitrogens with zero attached hydrogens (tertiary/aromatic N) is 4. The molecular weight excluding hydrogens is 368 g/mol. The molecule has 0 aliphatic rings. The van der Waals surface area contributed by atoms with Gasteiger partial charge < -0.3 is 24.7 Å². The summed E-state index contributed by atoms with van der Waals surface area (Å²) in [6, 6.07) is 5.77. The molecule has 0 radical (unpaired) electrons. The molecule has 2 N–H and O–H groups in total. The van der Waals surface area contributed by atoms with E-state index < -0.39 is 5.97 Å². The molecule has 0 bridgehead atoms. The number of hydrogen-bond donors (Lipinski definition) is 2. The summed E-state index contributed by atoms with van der Waals surface area (Å²) in [5.74, 6) is 0.900. The Morgan fingerprint density at radius 2 is 2.37 bits per heavy atom. The SMILES string of the molecule is CCOC(=O)CNC(=S)Nc1cncnc1N(CCC#N)Cc1ccco1. The number of carbonyl (C=O) groups excluding carboxylic acids is 1. The summed E-state index contributed by atoms with van der Waals surface area (Å²) in [5, 5.41) is 14.9. The van der Waals surface area contributed by atoms with Gasteiger partial charge in [-0.05, 0) is 31.3 Å². The highest BCUT2D eigenvalue weighted by atomic mass is 32.1. The second-order valence-corrected chi connectivity index (χ2v) is 5.69. The van der Waals surface area contributed by atoms with Gasteiger partial charge in [0.2, 0.25) is 0 Å². The number of ether oxygens (including phenoxy) is 1. The number of furan rings is 1. The van der Waals surface area contributed by atoms with Crippen LogP contribution in [0.15, 0.2) is 35.3 Å². The Kier molecular flexibility index (Phi) is 7.99. The number of carbonyl (C=O) groups is 1. The van der Waals surface area contributed by atoms with E-state index in [-0.39, 0.29) is 11.7 Å². The molecule has 2 aromatic rings. The van der Waals surface area contributed by atoms with E-state index in [1.807, 2.05) is 11.0 Å². The standard InChI is InChI=1S/C17H20N6O3S/c1-2-25-15(24)10-20-17(27)22-14-9-19-12-21-16(14)23(7-4-6-18)11-13-5-3-8-26-13/h3,5,8-9,12H,2,4,7,10-11H2,1H3,(H2,20,22,27). The third-order valence-corrected chi connectivity index (χ3v) is 3.60. The molecule has 0 spiro atoms. The fraction of sp³-hybridized carbons (Fsp3) is 0.353. The molecule has 10 heteroatoms. The van der Waals surface area contributed by atoms with Crippen LogP contribution < -0.4 is 15.5 Å². The van der Waals surface area contributed by atoms with Crippen molar-refractivity contribution < 1.29 is 13.9 Å². The lowest BCUT2D eigenvalue weighted by Gasteiger charge is -2.24. The van der Waals surface area contributed by atoms with Crippen LogP contribution >= 0.6 is 12.2 Å². The van der Waals surface area contributed by atoms with Crippen LogP contribution in [0.2, 0.25) is 0 Å². The van der Waals surface area contributed by atoms with E-state index in [0.717, 1.165) is 5.76 Å². The summed E-state index contributed by atoms with van der Waals surface area (Å²) in [7, 11) is 0. The zero-order chi connectivity index (χ0) is 19.5. The molecule has 9 nitrogen and oxygen atoms in total. The maximum Gasteiger partial charge on any atom is 0.325 e. The smallest absolute Gasteiger partial charge is 0.325 e. The van der Waals surface area contributed by atoms with E-state index >= 15 is 0 Å². The number of thiocarbonyl (C=S) groups is 1. The van der Waals surface area contributed by atoms with Crippen LogP contribution in [0.25, 0.3) is 0 Å². The monoisotopic (exact) mass is 388 g/mol. The average Bonchev–Trinajstić information content (AvgIpc) is 3.17. The van der Waals surface area contributed by atoms with Crippen molar-refractivity contribution in [1.29, 1.82) is 5.26 Å². The molecule has 0 aromatic carbocycles. The summed E-state index contributed by atoms with van der Waals surface area (Å²) in [4.78, 5) is 21.6. The summed E-state index contributed by atoms with van der Waals surface area (Å²) >= 11 is 5.21. The zero-order valence-corrected chi connectivity index (χ0v) is 15.7. The normalized spacial score (nSPS) is 9.93. The van der Waals surface area contributed by atoms with Gasteiger partial charge in [0, 0.05) is 6.54 Å². The van der Waals surface area contributed by atoms with Gasteiger partial charge >= 0.3 is 5.97 Å². The predicted molar refractivity (Wildman–Crippen MR) is 103 cm³/mol. The van der Waals surface area contributed by atoms with E-state index in [1.165, 1.54) is 6.33 Å². The number of anilines is 2. The topological polar surface area (TPSA) is 116 Å². The van der Waals surface area contributed by atoms with Crippen LogP contribution in [0.4, 0.5) is 11.5 Å². The highest BCUT2D eigenvalue weighted by Crippen LogP contribution is 2.24. The first-order chi connectivity index (χ1) is 13.1. The number of rotatable bonds is 9. The first-order valence-corrected chi connectivity index (χ1v) is 8.69. The number of nitrogens with one attached hydrogen (secondary N) is 2. The predicted octanol–water partition coefficient (Wildman–Crippen LogP) is 1.84. The lowest BCUT2D eigenvalue weighted by atomic mass is 10.3. The first-order valence-electron chi connectivity index (χ1n) is 8.28. The van der Waals surface area contributed by atoms with Gasteiger partial charge in [-0.25, -0.2) is 9.97 Å². The van der Waals surface area contributed by atoms with Crippen LogP contribution in [0.5, 0.6) is 0 Å². The minimum atomic E-state index is -0.403. The fourth-order valence-electron chi connectivity index (χ4n) is 2.23. The molecule has 2 heterocycles. The Balaban J connectivity index is 2.10. The molecule has 0 aliphatic carbocycles. The van der Waals surface area contributed by atoms with Crippen molar-refractivity contribution >= 4 is 34.8 Å². The van der Waals surface area contributed by atoms with Crippen molar-refractivity contribution in [2.45, 2.75) is 19.9 Å². The molecule has 0 atom stereocenters. The Hall–Kier alpha value is -3.19. The Bertz CT molecular complexity index is 790. The highest BCUT2D eigenvalue weighted by molar-refractivity contribution is 7.80. The molecule has 0 saturated carbocycles. The van der Waals surface area contributed by atoms with E-state index in [0.29, 0.717) is 37.6 Å². The second kappa shape index (κ2) is 10.7. The molecule has 0 amide bonds. The molecule has 0 aliphatic heterocycles. The van der Waals surface area contributed by atoms with Gasteiger partial charge in [-0.2, -0.15) is 5.26 Å². The van der Waals surface area contributed by atoms with E-state index in [9.17, 15) is 4.79 Å². The van der Waals surface area contributed by atoms with Crippen LogP contribution in [-0.4, -0.2) is 40.7 Å². The second-order valence-electron chi connectivity index (χ2n) is 5.28. The van der Waals surface area contributed by atoms with Crippen molar-refractivity contribution in [1.82, 2.24) is 15.3 Å². The van der Waals surface area contributed by atoms with Gasteiger partial charge in [-0.1, -0.05) is 0 Å². The van der Waals surface area contributed by atoms with Gasteiger partial charge in [0.1, 0.15) is 24.3 Å². The molecule has 142 valence electrons. The zero-order valence-electron chi connectivity index (χ0n) is 14.8. The van der Waals surface area contributed by atoms with E-state index in [4.69, 9.17) is 26.6 Å². The molecule has 0 saturated heterocycles. The summed E-state index contributed by atoms with van der Waals surface area (Å²) in [6.45, 7) is 2.87. The first kappa shape index (κ1) is 20.1.